The Bertz CT molecular complexity index is 366. The van der Waals surface area contributed by atoms with Crippen LogP contribution in [0.1, 0.15) is 20.8 Å². The highest BCUT2D eigenvalue weighted by molar-refractivity contribution is 5.64. The summed E-state index contributed by atoms with van der Waals surface area (Å²) in [6, 6.07) is 6.77. The van der Waals surface area contributed by atoms with Gasteiger partial charge in [0.2, 0.25) is 0 Å². The summed E-state index contributed by atoms with van der Waals surface area (Å²) in [6.07, 6.45) is -0.722. The minimum atomic E-state index is -0.722. The van der Waals surface area contributed by atoms with Crippen LogP contribution >= 0.6 is 0 Å². The molecule has 4 nitrogen and oxygen atoms in total. The van der Waals surface area contributed by atoms with Crippen LogP contribution in [0.3, 0.4) is 0 Å². The molecule has 1 rings (SSSR count). The van der Waals surface area contributed by atoms with Crippen LogP contribution in [0.5, 0.6) is 11.5 Å². The average Bonchev–Trinajstić information content (AvgIpc) is 2.15. The van der Waals surface area contributed by atoms with Crippen molar-refractivity contribution in [2.45, 2.75) is 26.4 Å². The van der Waals surface area contributed by atoms with Gasteiger partial charge in [-0.05, 0) is 32.9 Å². The zero-order valence-corrected chi connectivity index (χ0v) is 9.94. The lowest BCUT2D eigenvalue weighted by Gasteiger charge is -2.18. The second kappa shape index (κ2) is 4.88. The van der Waals surface area contributed by atoms with Gasteiger partial charge in [0.25, 0.3) is 0 Å². The number of ether oxygens (including phenoxy) is 3. The molecule has 0 heterocycles. The Morgan fingerprint density at radius 1 is 1.19 bits per heavy atom. The summed E-state index contributed by atoms with van der Waals surface area (Å²) in [7, 11) is 1.55. The maximum Gasteiger partial charge on any atom is 0.514 e. The van der Waals surface area contributed by atoms with E-state index in [4.69, 9.17) is 14.2 Å². The zero-order valence-electron chi connectivity index (χ0n) is 9.94. The first-order valence-electron chi connectivity index (χ1n) is 4.95. The van der Waals surface area contributed by atoms with E-state index in [1.54, 1.807) is 52.1 Å². The van der Waals surface area contributed by atoms with Crippen LogP contribution in [0.4, 0.5) is 4.79 Å². The van der Waals surface area contributed by atoms with Gasteiger partial charge in [0.1, 0.15) is 17.1 Å². The van der Waals surface area contributed by atoms with Crippen molar-refractivity contribution in [1.82, 2.24) is 0 Å². The Morgan fingerprint density at radius 3 is 2.38 bits per heavy atom. The highest BCUT2D eigenvalue weighted by Gasteiger charge is 2.18. The highest BCUT2D eigenvalue weighted by atomic mass is 16.7. The van der Waals surface area contributed by atoms with E-state index >= 15 is 0 Å². The van der Waals surface area contributed by atoms with E-state index in [9.17, 15) is 4.79 Å². The molecule has 0 radical (unpaired) electrons. The maximum atomic E-state index is 11.3. The number of carbonyl (C=O) groups is 1. The minimum Gasteiger partial charge on any atom is -0.497 e. The van der Waals surface area contributed by atoms with Gasteiger partial charge in [0.05, 0.1) is 7.11 Å². The fourth-order valence-corrected chi connectivity index (χ4v) is 1.03. The van der Waals surface area contributed by atoms with E-state index in [2.05, 4.69) is 0 Å². The average molecular weight is 224 g/mol. The Balaban J connectivity index is 2.62. The Kier molecular flexibility index (Phi) is 3.77. The number of hydrogen-bond acceptors (Lipinski definition) is 4. The fourth-order valence-electron chi connectivity index (χ4n) is 1.03. The van der Waals surface area contributed by atoms with Gasteiger partial charge >= 0.3 is 6.16 Å². The molecule has 0 atom stereocenters. The van der Waals surface area contributed by atoms with E-state index in [1.165, 1.54) is 0 Å². The second-order valence-electron chi connectivity index (χ2n) is 4.25. The molecule has 88 valence electrons. The Morgan fingerprint density at radius 2 is 1.81 bits per heavy atom. The Hall–Kier alpha value is -1.71. The number of benzene rings is 1. The number of carbonyl (C=O) groups excluding carboxylic acids is 1. The molecule has 0 aliphatic rings. The lowest BCUT2D eigenvalue weighted by molar-refractivity contribution is 0.0206. The molecule has 0 amide bonds. The zero-order chi connectivity index (χ0) is 12.2. The van der Waals surface area contributed by atoms with Crippen molar-refractivity contribution < 1.29 is 19.0 Å². The first-order chi connectivity index (χ1) is 7.40. The summed E-state index contributed by atoms with van der Waals surface area (Å²) in [5.41, 5.74) is -0.560. The molecule has 1 aromatic carbocycles. The van der Waals surface area contributed by atoms with Crippen LogP contribution < -0.4 is 9.47 Å². The topological polar surface area (TPSA) is 44.8 Å². The smallest absolute Gasteiger partial charge is 0.497 e. The maximum absolute atomic E-state index is 11.3. The molecule has 0 bridgehead atoms. The van der Waals surface area contributed by atoms with Crippen molar-refractivity contribution in [2.75, 3.05) is 7.11 Å². The fraction of sp³-hybridized carbons (Fsp3) is 0.417. The van der Waals surface area contributed by atoms with Gasteiger partial charge < -0.3 is 14.2 Å². The molecular weight excluding hydrogens is 208 g/mol. The van der Waals surface area contributed by atoms with Gasteiger partial charge in [-0.25, -0.2) is 4.79 Å². The van der Waals surface area contributed by atoms with E-state index in [0.29, 0.717) is 11.5 Å². The predicted molar refractivity (Wildman–Crippen MR) is 59.9 cm³/mol. The molecule has 0 N–H and O–H groups in total. The molecule has 0 aliphatic carbocycles. The first kappa shape index (κ1) is 12.4. The number of methoxy groups -OCH3 is 1. The SMILES string of the molecule is COc1cccc(OC(=O)OC(C)(C)C)c1. The quantitative estimate of drug-likeness (QED) is 0.572. The van der Waals surface area contributed by atoms with Crippen LogP contribution in [0.15, 0.2) is 24.3 Å². The molecule has 0 spiro atoms. The van der Waals surface area contributed by atoms with Crippen LogP contribution in [0.2, 0.25) is 0 Å². The second-order valence-corrected chi connectivity index (χ2v) is 4.25. The number of rotatable bonds is 2. The first-order valence-corrected chi connectivity index (χ1v) is 4.95. The van der Waals surface area contributed by atoms with Gasteiger partial charge in [-0.15, -0.1) is 0 Å². The molecule has 0 aromatic heterocycles. The molecule has 0 aliphatic heterocycles. The van der Waals surface area contributed by atoms with Gasteiger partial charge in [0.15, 0.2) is 0 Å². The summed E-state index contributed by atoms with van der Waals surface area (Å²) in [5, 5.41) is 0. The standard InChI is InChI=1S/C12H16O4/c1-12(2,3)16-11(13)15-10-7-5-6-9(8-10)14-4/h5-8H,1-4H3. The molecule has 0 fully saturated rings. The third-order valence-corrected chi connectivity index (χ3v) is 1.63. The van der Waals surface area contributed by atoms with E-state index in [1.807, 2.05) is 0 Å². The van der Waals surface area contributed by atoms with Gasteiger partial charge in [-0.2, -0.15) is 0 Å². The summed E-state index contributed by atoms with van der Waals surface area (Å²) >= 11 is 0. The van der Waals surface area contributed by atoms with Crippen molar-refractivity contribution in [3.8, 4) is 11.5 Å². The van der Waals surface area contributed by atoms with E-state index in [-0.39, 0.29) is 0 Å². The van der Waals surface area contributed by atoms with Gasteiger partial charge in [0, 0.05) is 6.07 Å². The summed E-state index contributed by atoms with van der Waals surface area (Å²) in [4.78, 5) is 11.3. The van der Waals surface area contributed by atoms with Gasteiger partial charge in [-0.1, -0.05) is 6.07 Å². The van der Waals surface area contributed by atoms with Gasteiger partial charge in [-0.3, -0.25) is 0 Å². The van der Waals surface area contributed by atoms with Crippen molar-refractivity contribution in [2.24, 2.45) is 0 Å². The third kappa shape index (κ3) is 4.21. The molecule has 4 heteroatoms. The largest absolute Gasteiger partial charge is 0.514 e. The van der Waals surface area contributed by atoms with E-state index < -0.39 is 11.8 Å². The molecular formula is C12H16O4. The number of hydrogen-bond donors (Lipinski definition) is 0. The Labute approximate surface area is 95.1 Å². The van der Waals surface area contributed by atoms with Crippen LogP contribution in [0, 0.1) is 0 Å². The minimum absolute atomic E-state index is 0.397. The lowest BCUT2D eigenvalue weighted by Crippen LogP contribution is -2.25. The summed E-state index contributed by atoms with van der Waals surface area (Å²) < 4.78 is 15.0. The molecule has 16 heavy (non-hydrogen) atoms. The third-order valence-electron chi connectivity index (χ3n) is 1.63. The van der Waals surface area contributed by atoms with Crippen LogP contribution in [0.25, 0.3) is 0 Å². The molecule has 1 aromatic rings. The van der Waals surface area contributed by atoms with Crippen molar-refractivity contribution in [3.63, 3.8) is 0 Å². The van der Waals surface area contributed by atoms with Crippen molar-refractivity contribution in [3.05, 3.63) is 24.3 Å². The lowest BCUT2D eigenvalue weighted by atomic mass is 10.2. The predicted octanol–water partition coefficient (Wildman–Crippen LogP) is 3.01. The molecule has 0 saturated heterocycles. The van der Waals surface area contributed by atoms with Crippen molar-refractivity contribution >= 4 is 6.16 Å². The van der Waals surface area contributed by atoms with Crippen LogP contribution in [-0.2, 0) is 4.74 Å². The van der Waals surface area contributed by atoms with E-state index in [0.717, 1.165) is 0 Å². The normalized spacial score (nSPS) is 10.8. The van der Waals surface area contributed by atoms with Crippen molar-refractivity contribution in [1.29, 1.82) is 0 Å². The molecule has 0 saturated carbocycles. The summed E-state index contributed by atoms with van der Waals surface area (Å²) in [6.45, 7) is 5.33. The molecule has 0 unspecified atom stereocenters. The monoisotopic (exact) mass is 224 g/mol. The highest BCUT2D eigenvalue weighted by Crippen LogP contribution is 2.20. The summed E-state index contributed by atoms with van der Waals surface area (Å²) in [5.74, 6) is 1.02. The van der Waals surface area contributed by atoms with Crippen LogP contribution in [-0.4, -0.2) is 18.9 Å².